The third-order valence-electron chi connectivity index (χ3n) is 1.72. The van der Waals surface area contributed by atoms with Crippen LogP contribution < -0.4 is 0 Å². The van der Waals surface area contributed by atoms with Crippen LogP contribution in [0.25, 0.3) is 11.6 Å². The molecule has 0 aromatic carbocycles. The maximum Gasteiger partial charge on any atom is 0.237 e. The van der Waals surface area contributed by atoms with Crippen LogP contribution in [0.1, 0.15) is 0 Å². The maximum absolute atomic E-state index is 11.3. The lowest BCUT2D eigenvalue weighted by atomic mass is 10.4. The Morgan fingerprint density at radius 3 is 2.87 bits per heavy atom. The van der Waals surface area contributed by atoms with E-state index >= 15 is 0 Å². The first-order valence-electron chi connectivity index (χ1n) is 4.11. The number of hydrogen-bond acceptors (Lipinski definition) is 5. The molecule has 15 heavy (non-hydrogen) atoms. The van der Waals surface area contributed by atoms with E-state index in [9.17, 15) is 4.55 Å². The van der Waals surface area contributed by atoms with Gasteiger partial charge in [0.15, 0.2) is 5.76 Å². The van der Waals surface area contributed by atoms with Gasteiger partial charge >= 0.3 is 0 Å². The molecule has 2 rings (SSSR count). The Morgan fingerprint density at radius 2 is 2.40 bits per heavy atom. The van der Waals surface area contributed by atoms with Gasteiger partial charge in [-0.05, 0) is 18.4 Å². The Hall–Kier alpha value is -0.920. The van der Waals surface area contributed by atoms with Crippen molar-refractivity contribution in [1.29, 1.82) is 0 Å². The van der Waals surface area contributed by atoms with Crippen LogP contribution in [0.15, 0.2) is 28.0 Å². The van der Waals surface area contributed by atoms with Crippen LogP contribution in [0.4, 0.5) is 0 Å². The van der Waals surface area contributed by atoms with Gasteiger partial charge in [-0.3, -0.25) is 0 Å². The van der Waals surface area contributed by atoms with Crippen LogP contribution in [-0.2, 0) is 11.4 Å². The minimum Gasteiger partial charge on any atom is -0.591 e. The summed E-state index contributed by atoms with van der Waals surface area (Å²) in [6.07, 6.45) is 4.97. The third kappa shape index (κ3) is 2.04. The topological polar surface area (TPSA) is 66.9 Å². The molecule has 0 saturated heterocycles. The molecule has 80 valence electrons. The number of hydrogen-bond donors (Lipinski definition) is 0. The van der Waals surface area contributed by atoms with Crippen molar-refractivity contribution in [2.75, 3.05) is 12.5 Å². The molecule has 0 spiro atoms. The minimum atomic E-state index is -1.20. The van der Waals surface area contributed by atoms with Crippen LogP contribution >= 0.6 is 11.8 Å². The molecule has 1 unspecified atom stereocenters. The van der Waals surface area contributed by atoms with Gasteiger partial charge in [0.25, 0.3) is 0 Å². The SMILES string of the molecule is CSc1nc(-c2ccco2)nn1[S+](C)[O-]. The summed E-state index contributed by atoms with van der Waals surface area (Å²) < 4.78 is 17.9. The Balaban J connectivity index is 2.43. The molecular formula is C8H9N3O2S2. The summed E-state index contributed by atoms with van der Waals surface area (Å²) in [6, 6.07) is 3.53. The molecule has 7 heteroatoms. The summed E-state index contributed by atoms with van der Waals surface area (Å²) in [6.45, 7) is 0. The van der Waals surface area contributed by atoms with Crippen LogP contribution in [0, 0.1) is 0 Å². The van der Waals surface area contributed by atoms with Gasteiger partial charge in [-0.25, -0.2) is 0 Å². The van der Waals surface area contributed by atoms with Gasteiger partial charge in [0, 0.05) is 0 Å². The van der Waals surface area contributed by atoms with Gasteiger partial charge in [-0.1, -0.05) is 15.8 Å². The lowest BCUT2D eigenvalue weighted by Crippen LogP contribution is -2.12. The second kappa shape index (κ2) is 4.30. The van der Waals surface area contributed by atoms with E-state index in [-0.39, 0.29) is 0 Å². The highest BCUT2D eigenvalue weighted by Crippen LogP contribution is 2.21. The van der Waals surface area contributed by atoms with Crippen molar-refractivity contribution in [3.63, 3.8) is 0 Å². The molecule has 0 N–H and O–H groups in total. The molecule has 2 aromatic rings. The van der Waals surface area contributed by atoms with E-state index in [4.69, 9.17) is 4.42 Å². The molecule has 5 nitrogen and oxygen atoms in total. The Bertz CT molecular complexity index is 439. The van der Waals surface area contributed by atoms with Gasteiger partial charge < -0.3 is 8.97 Å². The largest absolute Gasteiger partial charge is 0.591 e. The zero-order valence-corrected chi connectivity index (χ0v) is 9.84. The van der Waals surface area contributed by atoms with Gasteiger partial charge in [0.2, 0.25) is 11.0 Å². The number of aromatic nitrogens is 3. The smallest absolute Gasteiger partial charge is 0.237 e. The first kappa shape index (κ1) is 10.6. The highest BCUT2D eigenvalue weighted by Gasteiger charge is 2.18. The van der Waals surface area contributed by atoms with E-state index in [1.807, 2.05) is 6.26 Å². The van der Waals surface area contributed by atoms with E-state index in [0.29, 0.717) is 16.7 Å². The van der Waals surface area contributed by atoms with Crippen molar-refractivity contribution < 1.29 is 8.97 Å². The van der Waals surface area contributed by atoms with Crippen molar-refractivity contribution in [3.05, 3.63) is 18.4 Å². The van der Waals surface area contributed by atoms with Crippen molar-refractivity contribution in [2.45, 2.75) is 5.16 Å². The normalized spacial score (nSPS) is 13.0. The van der Waals surface area contributed by atoms with Crippen LogP contribution in [0.5, 0.6) is 0 Å². The maximum atomic E-state index is 11.3. The first-order chi connectivity index (χ1) is 7.22. The number of thioether (sulfide) groups is 1. The zero-order chi connectivity index (χ0) is 10.8. The highest BCUT2D eigenvalue weighted by molar-refractivity contribution is 7.99. The van der Waals surface area contributed by atoms with Crippen molar-refractivity contribution in [3.8, 4) is 11.6 Å². The predicted octanol–water partition coefficient (Wildman–Crippen LogP) is 1.40. The monoisotopic (exact) mass is 243 g/mol. The highest BCUT2D eigenvalue weighted by atomic mass is 32.2. The zero-order valence-electron chi connectivity index (χ0n) is 8.21. The standard InChI is InChI=1S/C8H9N3O2S2/c1-14-8-9-7(6-4-3-5-13-6)10-11(8)15(2)12/h3-5H,1-2H3. The molecular weight excluding hydrogens is 234 g/mol. The van der Waals surface area contributed by atoms with Gasteiger partial charge in [-0.2, -0.15) is 4.98 Å². The fraction of sp³-hybridized carbons (Fsp3) is 0.250. The van der Waals surface area contributed by atoms with Gasteiger partial charge in [-0.15, -0.1) is 5.10 Å². The molecule has 0 aliphatic rings. The molecule has 0 aliphatic heterocycles. The molecule has 1 atom stereocenters. The number of rotatable bonds is 3. The van der Waals surface area contributed by atoms with Crippen molar-refractivity contribution in [1.82, 2.24) is 14.2 Å². The first-order valence-corrected chi connectivity index (χ1v) is 6.85. The summed E-state index contributed by atoms with van der Waals surface area (Å²) >= 11 is 0.196. The van der Waals surface area contributed by atoms with Gasteiger partial charge in [0.1, 0.15) is 6.26 Å². The van der Waals surface area contributed by atoms with E-state index in [0.717, 1.165) is 0 Å². The molecule has 0 saturated carbocycles. The van der Waals surface area contributed by atoms with Gasteiger partial charge in [0.05, 0.1) is 17.6 Å². The van der Waals surface area contributed by atoms with E-state index in [1.165, 1.54) is 15.8 Å². The summed E-state index contributed by atoms with van der Waals surface area (Å²) in [7, 11) is 0. The Labute approximate surface area is 94.2 Å². The number of furan rings is 1. The number of nitrogens with zero attached hydrogens (tertiary/aromatic N) is 3. The molecule has 0 aliphatic carbocycles. The lowest BCUT2D eigenvalue weighted by Gasteiger charge is -2.02. The van der Waals surface area contributed by atoms with Crippen LogP contribution in [-0.4, -0.2) is 31.2 Å². The molecule has 0 amide bonds. The Morgan fingerprint density at radius 1 is 1.60 bits per heavy atom. The summed E-state index contributed by atoms with van der Waals surface area (Å²) in [5.74, 6) is 1.04. The molecule has 2 aromatic heterocycles. The van der Waals surface area contributed by atoms with E-state index in [1.54, 1.807) is 24.7 Å². The van der Waals surface area contributed by atoms with Crippen LogP contribution in [0.2, 0.25) is 0 Å². The third-order valence-corrected chi connectivity index (χ3v) is 3.21. The van der Waals surface area contributed by atoms with Crippen molar-refractivity contribution >= 4 is 23.1 Å². The average molecular weight is 243 g/mol. The second-order valence-corrected chi connectivity index (χ2v) is 4.66. The summed E-state index contributed by atoms with van der Waals surface area (Å²) in [4.78, 5) is 4.22. The fourth-order valence-electron chi connectivity index (χ4n) is 1.09. The van der Waals surface area contributed by atoms with Crippen LogP contribution in [0.3, 0.4) is 0 Å². The summed E-state index contributed by atoms with van der Waals surface area (Å²) in [5, 5.41) is 4.73. The predicted molar refractivity (Wildman–Crippen MR) is 59.0 cm³/mol. The molecule has 2 heterocycles. The minimum absolute atomic E-state index is 0.458. The average Bonchev–Trinajstić information content (AvgIpc) is 2.86. The van der Waals surface area contributed by atoms with E-state index < -0.39 is 11.4 Å². The Kier molecular flexibility index (Phi) is 3.03. The molecule has 0 radical (unpaired) electrons. The second-order valence-electron chi connectivity index (χ2n) is 2.70. The molecule has 0 bridgehead atoms. The molecule has 0 fully saturated rings. The quantitative estimate of drug-likeness (QED) is 0.602. The summed E-state index contributed by atoms with van der Waals surface area (Å²) in [5.41, 5.74) is 0. The fourth-order valence-corrected chi connectivity index (χ4v) is 2.45. The van der Waals surface area contributed by atoms with E-state index in [2.05, 4.69) is 10.1 Å². The van der Waals surface area contributed by atoms with Crippen molar-refractivity contribution in [2.24, 2.45) is 0 Å². The lowest BCUT2D eigenvalue weighted by molar-refractivity contribution is 0.573.